The molecule has 2 rings (SSSR count). The van der Waals surface area contributed by atoms with Crippen LogP contribution in [0.1, 0.15) is 28.2 Å². The predicted octanol–water partition coefficient (Wildman–Crippen LogP) is 3.04. The number of ether oxygens (including phenoxy) is 1. The highest BCUT2D eigenvalue weighted by molar-refractivity contribution is 7.98. The first kappa shape index (κ1) is 19.9. The van der Waals surface area contributed by atoms with E-state index in [0.29, 0.717) is 17.7 Å². The number of amides is 1. The van der Waals surface area contributed by atoms with Gasteiger partial charge in [-0.05, 0) is 62.6 Å². The monoisotopic (exact) mass is 376 g/mol. The van der Waals surface area contributed by atoms with Crippen LogP contribution in [0.3, 0.4) is 0 Å². The molecule has 7 heteroatoms. The predicted molar refractivity (Wildman–Crippen MR) is 104 cm³/mol. The minimum absolute atomic E-state index is 0.369. The summed E-state index contributed by atoms with van der Waals surface area (Å²) in [5, 5.41) is 11.9. The SMILES string of the molecule is COc1ccc(-n2c(C)cc(C(=O)NC(CCSC)C(=O)O)c2C)cc1. The van der Waals surface area contributed by atoms with Crippen LogP contribution in [0.15, 0.2) is 30.3 Å². The molecule has 0 aliphatic heterocycles. The number of thioether (sulfide) groups is 1. The van der Waals surface area contributed by atoms with Crippen molar-refractivity contribution in [3.8, 4) is 11.4 Å². The molecular weight excluding hydrogens is 352 g/mol. The number of carbonyl (C=O) groups is 2. The quantitative estimate of drug-likeness (QED) is 0.740. The zero-order chi connectivity index (χ0) is 19.3. The van der Waals surface area contributed by atoms with Crippen LogP contribution < -0.4 is 10.1 Å². The van der Waals surface area contributed by atoms with Crippen LogP contribution in [0.2, 0.25) is 0 Å². The van der Waals surface area contributed by atoms with Crippen molar-refractivity contribution in [2.24, 2.45) is 0 Å². The van der Waals surface area contributed by atoms with Gasteiger partial charge in [0.15, 0.2) is 0 Å². The van der Waals surface area contributed by atoms with Crippen LogP contribution in [0, 0.1) is 13.8 Å². The number of benzene rings is 1. The number of rotatable bonds is 8. The van der Waals surface area contributed by atoms with E-state index < -0.39 is 12.0 Å². The molecule has 0 spiro atoms. The van der Waals surface area contributed by atoms with Gasteiger partial charge in [0, 0.05) is 17.1 Å². The highest BCUT2D eigenvalue weighted by Crippen LogP contribution is 2.23. The van der Waals surface area contributed by atoms with Gasteiger partial charge in [-0.3, -0.25) is 4.79 Å². The highest BCUT2D eigenvalue weighted by atomic mass is 32.2. The molecule has 0 saturated heterocycles. The summed E-state index contributed by atoms with van der Waals surface area (Å²) in [4.78, 5) is 24.0. The standard InChI is InChI=1S/C19H24N2O4S/c1-12-11-16(18(22)20-17(19(23)24)9-10-26-4)13(2)21(12)14-5-7-15(25-3)8-6-14/h5-8,11,17H,9-10H2,1-4H3,(H,20,22)(H,23,24). The van der Waals surface area contributed by atoms with Crippen molar-refractivity contribution >= 4 is 23.6 Å². The van der Waals surface area contributed by atoms with Gasteiger partial charge >= 0.3 is 5.97 Å². The lowest BCUT2D eigenvalue weighted by atomic mass is 10.2. The van der Waals surface area contributed by atoms with E-state index in [4.69, 9.17) is 4.74 Å². The molecule has 0 bridgehead atoms. The van der Waals surface area contributed by atoms with Crippen molar-refractivity contribution in [1.29, 1.82) is 0 Å². The first-order chi connectivity index (χ1) is 12.4. The molecule has 6 nitrogen and oxygen atoms in total. The first-order valence-electron chi connectivity index (χ1n) is 8.25. The summed E-state index contributed by atoms with van der Waals surface area (Å²) in [7, 11) is 1.61. The Morgan fingerprint density at radius 2 is 1.92 bits per heavy atom. The van der Waals surface area contributed by atoms with Crippen molar-refractivity contribution < 1.29 is 19.4 Å². The van der Waals surface area contributed by atoms with Crippen molar-refractivity contribution in [2.75, 3.05) is 19.1 Å². The maximum atomic E-state index is 12.6. The molecular formula is C19H24N2O4S. The minimum Gasteiger partial charge on any atom is -0.497 e. The lowest BCUT2D eigenvalue weighted by Crippen LogP contribution is -2.41. The number of carbonyl (C=O) groups excluding carboxylic acids is 1. The second-order valence-electron chi connectivity index (χ2n) is 5.96. The normalized spacial score (nSPS) is 11.8. The maximum Gasteiger partial charge on any atom is 0.326 e. The van der Waals surface area contributed by atoms with Crippen molar-refractivity contribution in [1.82, 2.24) is 9.88 Å². The third-order valence-electron chi connectivity index (χ3n) is 4.22. The average Bonchev–Trinajstić information content (AvgIpc) is 2.92. The Morgan fingerprint density at radius 3 is 2.46 bits per heavy atom. The van der Waals surface area contributed by atoms with Crippen LogP contribution in [-0.2, 0) is 4.79 Å². The Balaban J connectivity index is 2.27. The van der Waals surface area contributed by atoms with Gasteiger partial charge in [-0.25, -0.2) is 4.79 Å². The summed E-state index contributed by atoms with van der Waals surface area (Å²) in [6.45, 7) is 3.76. The van der Waals surface area contributed by atoms with Crippen molar-refractivity contribution in [2.45, 2.75) is 26.3 Å². The molecule has 0 radical (unpaired) electrons. The Morgan fingerprint density at radius 1 is 1.27 bits per heavy atom. The molecule has 1 aromatic heterocycles. The topological polar surface area (TPSA) is 80.6 Å². The molecule has 2 N–H and O–H groups in total. The fourth-order valence-electron chi connectivity index (χ4n) is 2.85. The number of carboxylic acids is 1. The van der Waals surface area contributed by atoms with Gasteiger partial charge < -0.3 is 19.7 Å². The number of nitrogens with zero attached hydrogens (tertiary/aromatic N) is 1. The van der Waals surface area contributed by atoms with E-state index in [1.165, 1.54) is 0 Å². The molecule has 0 aliphatic carbocycles. The van der Waals surface area contributed by atoms with Gasteiger partial charge in [0.1, 0.15) is 11.8 Å². The third kappa shape index (κ3) is 4.40. The van der Waals surface area contributed by atoms with Crippen LogP contribution in [0.4, 0.5) is 0 Å². The van der Waals surface area contributed by atoms with Crippen LogP contribution in [0.5, 0.6) is 5.75 Å². The van der Waals surface area contributed by atoms with E-state index in [0.717, 1.165) is 22.8 Å². The second-order valence-corrected chi connectivity index (χ2v) is 6.95. The summed E-state index contributed by atoms with van der Waals surface area (Å²) in [6.07, 6.45) is 2.29. The van der Waals surface area contributed by atoms with Gasteiger partial charge in [0.2, 0.25) is 0 Å². The van der Waals surface area contributed by atoms with Crippen molar-refractivity contribution in [3.63, 3.8) is 0 Å². The largest absolute Gasteiger partial charge is 0.497 e. The zero-order valence-corrected chi connectivity index (χ0v) is 16.2. The molecule has 140 valence electrons. The van der Waals surface area contributed by atoms with E-state index in [1.807, 2.05) is 48.9 Å². The Kier molecular flexibility index (Phi) is 6.74. The second kappa shape index (κ2) is 8.80. The summed E-state index contributed by atoms with van der Waals surface area (Å²) < 4.78 is 7.14. The van der Waals surface area contributed by atoms with E-state index in [1.54, 1.807) is 24.9 Å². The van der Waals surface area contributed by atoms with Crippen LogP contribution >= 0.6 is 11.8 Å². The molecule has 1 amide bonds. The van der Waals surface area contributed by atoms with Gasteiger partial charge in [-0.1, -0.05) is 0 Å². The van der Waals surface area contributed by atoms with Gasteiger partial charge in [0.05, 0.1) is 12.7 Å². The van der Waals surface area contributed by atoms with Crippen LogP contribution in [-0.4, -0.2) is 46.7 Å². The Labute approximate surface area is 157 Å². The molecule has 1 aromatic carbocycles. The third-order valence-corrected chi connectivity index (χ3v) is 4.86. The van der Waals surface area contributed by atoms with E-state index in [2.05, 4.69) is 5.32 Å². The molecule has 1 heterocycles. The van der Waals surface area contributed by atoms with E-state index in [-0.39, 0.29) is 5.91 Å². The highest BCUT2D eigenvalue weighted by Gasteiger charge is 2.23. The van der Waals surface area contributed by atoms with Crippen LogP contribution in [0.25, 0.3) is 5.69 Å². The Bertz CT molecular complexity index is 784. The number of nitrogens with one attached hydrogen (secondary N) is 1. The molecule has 1 atom stereocenters. The fraction of sp³-hybridized carbons (Fsp3) is 0.368. The zero-order valence-electron chi connectivity index (χ0n) is 15.4. The van der Waals surface area contributed by atoms with E-state index >= 15 is 0 Å². The first-order valence-corrected chi connectivity index (χ1v) is 9.64. The lowest BCUT2D eigenvalue weighted by molar-refractivity contribution is -0.139. The summed E-state index contributed by atoms with van der Waals surface area (Å²) >= 11 is 1.55. The number of aromatic nitrogens is 1. The number of aliphatic carboxylic acids is 1. The summed E-state index contributed by atoms with van der Waals surface area (Å²) in [5.74, 6) is 0.0391. The smallest absolute Gasteiger partial charge is 0.326 e. The summed E-state index contributed by atoms with van der Waals surface area (Å²) in [6, 6.07) is 8.44. The number of methoxy groups -OCH3 is 1. The Hall–Kier alpha value is -2.41. The van der Waals surface area contributed by atoms with Crippen molar-refractivity contribution in [3.05, 3.63) is 47.3 Å². The molecule has 26 heavy (non-hydrogen) atoms. The maximum absolute atomic E-state index is 12.6. The number of hydrogen-bond acceptors (Lipinski definition) is 4. The van der Waals surface area contributed by atoms with E-state index in [9.17, 15) is 14.7 Å². The van der Waals surface area contributed by atoms with Gasteiger partial charge in [-0.15, -0.1) is 0 Å². The lowest BCUT2D eigenvalue weighted by Gasteiger charge is -2.14. The minimum atomic E-state index is -1.02. The molecule has 0 saturated carbocycles. The number of hydrogen-bond donors (Lipinski definition) is 2. The number of aryl methyl sites for hydroxylation is 1. The molecule has 0 aliphatic rings. The fourth-order valence-corrected chi connectivity index (χ4v) is 3.32. The molecule has 0 fully saturated rings. The molecule has 2 aromatic rings. The van der Waals surface area contributed by atoms with Gasteiger partial charge in [0.25, 0.3) is 5.91 Å². The average molecular weight is 376 g/mol. The van der Waals surface area contributed by atoms with Gasteiger partial charge in [-0.2, -0.15) is 11.8 Å². The summed E-state index contributed by atoms with van der Waals surface area (Å²) in [5.41, 5.74) is 3.05. The number of carboxylic acid groups (broad SMARTS) is 1. The molecule has 1 unspecified atom stereocenters.